The molecule has 8 heteroatoms. The molecule has 0 aliphatic carbocycles. The number of sulfonamides is 1. The molecule has 1 saturated heterocycles. The van der Waals surface area contributed by atoms with Crippen LogP contribution < -0.4 is 15.4 Å². The van der Waals surface area contributed by atoms with Gasteiger partial charge in [0.15, 0.2) is 0 Å². The van der Waals surface area contributed by atoms with Crippen molar-refractivity contribution in [1.82, 2.24) is 5.32 Å². The Morgan fingerprint density at radius 2 is 2.14 bits per heavy atom. The molecule has 1 fully saturated rings. The minimum absolute atomic E-state index is 0.159. The summed E-state index contributed by atoms with van der Waals surface area (Å²) in [6, 6.07) is 4.35. The van der Waals surface area contributed by atoms with Crippen LogP contribution in [0.1, 0.15) is 19.3 Å². The molecule has 1 aliphatic rings. The van der Waals surface area contributed by atoms with Crippen molar-refractivity contribution in [2.24, 2.45) is 0 Å². The fourth-order valence-corrected chi connectivity index (χ4v) is 2.91. The topological polar surface area (TPSA) is 87.3 Å². The smallest absolute Gasteiger partial charge is 0.241 e. The molecule has 3 N–H and O–H groups in total. The van der Waals surface area contributed by atoms with Crippen LogP contribution in [0.2, 0.25) is 5.02 Å². The van der Waals surface area contributed by atoms with Gasteiger partial charge in [0.25, 0.3) is 0 Å². The second-order valence-corrected chi connectivity index (χ2v) is 7.22. The molecular formula is C13H18ClN3O3S. The lowest BCUT2D eigenvalue weighted by atomic mass is 10.0. The van der Waals surface area contributed by atoms with Gasteiger partial charge < -0.3 is 10.6 Å². The Morgan fingerprint density at radius 3 is 2.76 bits per heavy atom. The Labute approximate surface area is 129 Å². The number of benzene rings is 1. The Bertz CT molecular complexity index is 628. The largest absolute Gasteiger partial charge is 0.323 e. The van der Waals surface area contributed by atoms with Gasteiger partial charge >= 0.3 is 0 Å². The molecule has 6 nitrogen and oxygen atoms in total. The van der Waals surface area contributed by atoms with Crippen LogP contribution in [-0.4, -0.2) is 33.2 Å². The zero-order valence-corrected chi connectivity index (χ0v) is 13.2. The lowest BCUT2D eigenvalue weighted by Gasteiger charge is -2.22. The summed E-state index contributed by atoms with van der Waals surface area (Å²) in [4.78, 5) is 12.1. The van der Waals surface area contributed by atoms with E-state index < -0.39 is 10.0 Å². The molecule has 1 amide bonds. The monoisotopic (exact) mass is 331 g/mol. The molecule has 2 rings (SSSR count). The first-order valence-electron chi connectivity index (χ1n) is 6.67. The van der Waals surface area contributed by atoms with Gasteiger partial charge in [0, 0.05) is 0 Å². The van der Waals surface area contributed by atoms with E-state index in [1.54, 1.807) is 6.07 Å². The lowest BCUT2D eigenvalue weighted by Crippen LogP contribution is -2.43. The molecule has 21 heavy (non-hydrogen) atoms. The quantitative estimate of drug-likeness (QED) is 0.785. The van der Waals surface area contributed by atoms with Crippen molar-refractivity contribution in [3.8, 4) is 0 Å². The van der Waals surface area contributed by atoms with E-state index in [4.69, 9.17) is 11.6 Å². The van der Waals surface area contributed by atoms with Crippen LogP contribution >= 0.6 is 11.6 Å². The first-order valence-corrected chi connectivity index (χ1v) is 8.94. The highest BCUT2D eigenvalue weighted by molar-refractivity contribution is 7.92. The van der Waals surface area contributed by atoms with E-state index in [2.05, 4.69) is 15.4 Å². The Hall–Kier alpha value is -1.31. The average Bonchev–Trinajstić information content (AvgIpc) is 2.42. The van der Waals surface area contributed by atoms with Crippen LogP contribution in [0.15, 0.2) is 18.2 Å². The number of nitrogens with one attached hydrogen (secondary N) is 3. The van der Waals surface area contributed by atoms with E-state index in [0.717, 1.165) is 32.1 Å². The lowest BCUT2D eigenvalue weighted by molar-refractivity contribution is -0.118. The number of hydrogen-bond acceptors (Lipinski definition) is 4. The molecule has 1 aliphatic heterocycles. The number of anilines is 2. The summed E-state index contributed by atoms with van der Waals surface area (Å²) in [6.45, 7) is 0.821. The summed E-state index contributed by atoms with van der Waals surface area (Å²) in [6.07, 6.45) is 3.92. The highest BCUT2D eigenvalue weighted by Gasteiger charge is 2.21. The van der Waals surface area contributed by atoms with Crippen molar-refractivity contribution in [2.75, 3.05) is 22.8 Å². The van der Waals surface area contributed by atoms with Crippen LogP contribution in [0.4, 0.5) is 11.4 Å². The average molecular weight is 332 g/mol. The Balaban J connectivity index is 2.11. The van der Waals surface area contributed by atoms with Crippen LogP contribution in [0.25, 0.3) is 0 Å². The third kappa shape index (κ3) is 4.87. The van der Waals surface area contributed by atoms with Crippen LogP contribution in [0, 0.1) is 0 Å². The van der Waals surface area contributed by atoms with Crippen molar-refractivity contribution < 1.29 is 13.2 Å². The van der Waals surface area contributed by atoms with Crippen LogP contribution in [0.3, 0.4) is 0 Å². The highest BCUT2D eigenvalue weighted by atomic mass is 35.5. The molecule has 0 radical (unpaired) electrons. The van der Waals surface area contributed by atoms with Gasteiger partial charge in [0.2, 0.25) is 15.9 Å². The summed E-state index contributed by atoms with van der Waals surface area (Å²) < 4.78 is 24.8. The van der Waals surface area contributed by atoms with Gasteiger partial charge in [-0.05, 0) is 37.6 Å². The van der Waals surface area contributed by atoms with Crippen LogP contribution in [-0.2, 0) is 14.8 Å². The molecule has 0 aromatic heterocycles. The first kappa shape index (κ1) is 16.1. The van der Waals surface area contributed by atoms with E-state index in [1.165, 1.54) is 12.1 Å². The number of hydrogen-bond donors (Lipinski definition) is 3. The first-order chi connectivity index (χ1) is 9.85. The zero-order valence-electron chi connectivity index (χ0n) is 11.6. The molecule has 0 bridgehead atoms. The van der Waals surface area contributed by atoms with Crippen LogP contribution in [0.5, 0.6) is 0 Å². The van der Waals surface area contributed by atoms with E-state index >= 15 is 0 Å². The molecule has 1 heterocycles. The minimum atomic E-state index is -3.37. The van der Waals surface area contributed by atoms with E-state index in [1.807, 2.05) is 0 Å². The number of rotatable bonds is 4. The predicted molar refractivity (Wildman–Crippen MR) is 84.2 cm³/mol. The summed E-state index contributed by atoms with van der Waals surface area (Å²) in [5.41, 5.74) is 0.747. The molecule has 0 spiro atoms. The van der Waals surface area contributed by atoms with Gasteiger partial charge in [0.1, 0.15) is 0 Å². The fraction of sp³-hybridized carbons (Fsp3) is 0.462. The van der Waals surface area contributed by atoms with Crippen molar-refractivity contribution in [1.29, 1.82) is 0 Å². The van der Waals surface area contributed by atoms with Crippen molar-refractivity contribution in [2.45, 2.75) is 25.3 Å². The second kappa shape index (κ2) is 6.64. The number of piperidine rings is 1. The molecular weight excluding hydrogens is 314 g/mol. The Kier molecular flexibility index (Phi) is 5.08. The summed E-state index contributed by atoms with van der Waals surface area (Å²) in [5.74, 6) is -0.159. The van der Waals surface area contributed by atoms with E-state index in [-0.39, 0.29) is 11.9 Å². The summed E-state index contributed by atoms with van der Waals surface area (Å²) in [7, 11) is -3.37. The maximum absolute atomic E-state index is 12.1. The van der Waals surface area contributed by atoms with Gasteiger partial charge in [-0.2, -0.15) is 0 Å². The number of carbonyl (C=O) groups excluding carboxylic acids is 1. The fourth-order valence-electron chi connectivity index (χ4n) is 2.19. The summed E-state index contributed by atoms with van der Waals surface area (Å²) in [5, 5.41) is 6.24. The second-order valence-electron chi connectivity index (χ2n) is 5.06. The third-order valence-corrected chi connectivity index (χ3v) is 4.09. The molecule has 1 aromatic rings. The van der Waals surface area contributed by atoms with Gasteiger partial charge in [-0.3, -0.25) is 9.52 Å². The van der Waals surface area contributed by atoms with E-state index in [9.17, 15) is 13.2 Å². The standard InChI is InChI=1S/C13H18ClN3O3S/c1-21(19,20)17-9-5-6-10(14)12(8-9)16-13(18)11-4-2-3-7-15-11/h5-6,8,11,15,17H,2-4,7H2,1H3,(H,16,18)/t11-/m1/s1. The number of amides is 1. The molecule has 116 valence electrons. The SMILES string of the molecule is CS(=O)(=O)Nc1ccc(Cl)c(NC(=O)[C@H]2CCCCN2)c1. The number of carbonyl (C=O) groups is 1. The van der Waals surface area contributed by atoms with Crippen molar-refractivity contribution in [3.63, 3.8) is 0 Å². The third-order valence-electron chi connectivity index (χ3n) is 3.15. The Morgan fingerprint density at radius 1 is 1.38 bits per heavy atom. The van der Waals surface area contributed by atoms with Gasteiger partial charge in [-0.1, -0.05) is 18.0 Å². The zero-order chi connectivity index (χ0) is 15.5. The van der Waals surface area contributed by atoms with Crippen molar-refractivity contribution >= 4 is 38.9 Å². The maximum atomic E-state index is 12.1. The highest BCUT2D eigenvalue weighted by Crippen LogP contribution is 2.26. The molecule has 0 unspecified atom stereocenters. The normalized spacial score (nSPS) is 19.0. The van der Waals surface area contributed by atoms with Gasteiger partial charge in [0.05, 0.1) is 28.7 Å². The minimum Gasteiger partial charge on any atom is -0.323 e. The molecule has 0 saturated carbocycles. The van der Waals surface area contributed by atoms with Gasteiger partial charge in [-0.25, -0.2) is 8.42 Å². The number of halogens is 1. The summed E-state index contributed by atoms with van der Waals surface area (Å²) >= 11 is 6.04. The molecule has 1 atom stereocenters. The van der Waals surface area contributed by atoms with E-state index in [0.29, 0.717) is 16.4 Å². The molecule has 1 aromatic carbocycles. The van der Waals surface area contributed by atoms with Crippen molar-refractivity contribution in [3.05, 3.63) is 23.2 Å². The maximum Gasteiger partial charge on any atom is 0.241 e. The van der Waals surface area contributed by atoms with Gasteiger partial charge in [-0.15, -0.1) is 0 Å². The predicted octanol–water partition coefficient (Wildman–Crippen LogP) is 1.79.